The van der Waals surface area contributed by atoms with Gasteiger partial charge < -0.3 is 18.8 Å². The Hall–Kier alpha value is -1.27. The van der Waals surface area contributed by atoms with Crippen molar-refractivity contribution in [3.8, 4) is 0 Å². The number of hydrogen-bond acceptors (Lipinski definition) is 4. The highest BCUT2D eigenvalue weighted by molar-refractivity contribution is 6.62. The molecule has 0 saturated carbocycles. The second-order valence-electron chi connectivity index (χ2n) is 7.36. The first-order valence-corrected chi connectivity index (χ1v) is 8.02. The van der Waals surface area contributed by atoms with E-state index in [1.807, 2.05) is 40.0 Å². The molecular weight excluding hydrogens is 279 g/mol. The van der Waals surface area contributed by atoms with Gasteiger partial charge in [-0.15, -0.1) is 0 Å². The maximum absolute atomic E-state index is 12.4. The highest BCUT2D eigenvalue weighted by Gasteiger charge is 2.52. The van der Waals surface area contributed by atoms with Crippen LogP contribution in [-0.2, 0) is 16.4 Å². The predicted octanol–water partition coefficient (Wildman–Crippen LogP) is 1.28. The van der Waals surface area contributed by atoms with Gasteiger partial charge in [0.1, 0.15) is 5.69 Å². The number of aryl methyl sites for hydroxylation is 1. The first kappa shape index (κ1) is 15.6. The molecule has 3 rings (SSSR count). The van der Waals surface area contributed by atoms with Gasteiger partial charge in [0.05, 0.1) is 11.2 Å². The van der Waals surface area contributed by atoms with E-state index in [4.69, 9.17) is 9.31 Å². The Morgan fingerprint density at radius 1 is 1.09 bits per heavy atom. The molecule has 0 amide bonds. The summed E-state index contributed by atoms with van der Waals surface area (Å²) < 4.78 is 13.8. The minimum atomic E-state index is -0.432. The lowest BCUT2D eigenvalue weighted by atomic mass is 9.80. The number of nitrogens with zero attached hydrogens (tertiary/aromatic N) is 2. The molecule has 0 bridgehead atoms. The van der Waals surface area contributed by atoms with Gasteiger partial charge >= 0.3 is 7.12 Å². The molecule has 0 N–H and O–H groups in total. The zero-order chi connectivity index (χ0) is 16.1. The summed E-state index contributed by atoms with van der Waals surface area (Å²) in [5.74, 6) is 0. The molecule has 2 fully saturated rings. The summed E-state index contributed by atoms with van der Waals surface area (Å²) in [6.45, 7) is 10.0. The molecule has 2 aliphatic rings. The van der Waals surface area contributed by atoms with E-state index >= 15 is 0 Å². The van der Waals surface area contributed by atoms with Crippen LogP contribution in [0.1, 0.15) is 40.5 Å². The number of aromatic nitrogens is 1. The number of pyridine rings is 1. The van der Waals surface area contributed by atoms with E-state index < -0.39 is 7.12 Å². The molecule has 1 aromatic heterocycles. The summed E-state index contributed by atoms with van der Waals surface area (Å²) >= 11 is 0. The largest absolute Gasteiger partial charge is 0.496 e. The number of hydrogen-bond donors (Lipinski definition) is 0. The highest BCUT2D eigenvalue weighted by atomic mass is 16.7. The Kier molecular flexibility index (Phi) is 3.65. The summed E-state index contributed by atoms with van der Waals surface area (Å²) in [4.78, 5) is 14.6. The Balaban J connectivity index is 1.97. The molecule has 1 aromatic rings. The lowest BCUT2D eigenvalue weighted by molar-refractivity contribution is 0.00578. The van der Waals surface area contributed by atoms with E-state index in [1.54, 1.807) is 11.6 Å². The zero-order valence-electron chi connectivity index (χ0n) is 14.2. The van der Waals surface area contributed by atoms with Gasteiger partial charge in [-0.25, -0.2) is 0 Å². The fourth-order valence-corrected chi connectivity index (χ4v) is 3.01. The molecule has 6 heteroatoms. The van der Waals surface area contributed by atoms with Crippen molar-refractivity contribution in [2.45, 2.75) is 51.7 Å². The van der Waals surface area contributed by atoms with Crippen LogP contribution in [0.3, 0.4) is 0 Å². The number of anilines is 1. The third-order valence-electron chi connectivity index (χ3n) is 5.16. The lowest BCUT2D eigenvalue weighted by Gasteiger charge is -2.32. The van der Waals surface area contributed by atoms with Crippen LogP contribution in [0.2, 0.25) is 0 Å². The van der Waals surface area contributed by atoms with Gasteiger partial charge in [0.15, 0.2) is 0 Å². The lowest BCUT2D eigenvalue weighted by Crippen LogP contribution is -2.41. The molecule has 0 unspecified atom stereocenters. The fraction of sp³-hybridized carbons (Fsp3) is 0.688. The van der Waals surface area contributed by atoms with E-state index in [9.17, 15) is 4.79 Å². The Morgan fingerprint density at radius 3 is 2.18 bits per heavy atom. The topological polar surface area (TPSA) is 43.7 Å². The van der Waals surface area contributed by atoms with Gasteiger partial charge in [0.25, 0.3) is 5.56 Å². The standard InChI is InChI=1S/C16H25BN2O3/c1-15(2)16(3,4)22-17(21-15)12-10-13(14(20)18(5)11-12)19-8-6-7-9-19/h10-11H,6-9H2,1-5H3. The maximum Gasteiger partial charge on any atom is 0.496 e. The normalized spacial score (nSPS) is 23.3. The number of rotatable bonds is 2. The van der Waals surface area contributed by atoms with Gasteiger partial charge in [0, 0.05) is 31.8 Å². The molecule has 0 atom stereocenters. The van der Waals surface area contributed by atoms with Crippen molar-refractivity contribution in [3.63, 3.8) is 0 Å². The Morgan fingerprint density at radius 2 is 1.64 bits per heavy atom. The predicted molar refractivity (Wildman–Crippen MR) is 88.8 cm³/mol. The summed E-state index contributed by atoms with van der Waals surface area (Å²) in [5.41, 5.74) is 0.956. The van der Waals surface area contributed by atoms with Crippen molar-refractivity contribution >= 4 is 18.3 Å². The first-order valence-electron chi connectivity index (χ1n) is 8.02. The molecule has 0 aromatic carbocycles. The van der Waals surface area contributed by atoms with Gasteiger partial charge in [-0.3, -0.25) is 4.79 Å². The summed E-state index contributed by atoms with van der Waals surface area (Å²) in [6, 6.07) is 1.94. The van der Waals surface area contributed by atoms with Crippen LogP contribution in [0, 0.1) is 0 Å². The molecule has 2 aliphatic heterocycles. The Bertz CT molecular complexity index is 617. The molecule has 22 heavy (non-hydrogen) atoms. The minimum absolute atomic E-state index is 0.0437. The molecule has 3 heterocycles. The van der Waals surface area contributed by atoms with Crippen LogP contribution in [0.5, 0.6) is 0 Å². The average Bonchev–Trinajstić information content (AvgIpc) is 3.00. The molecule has 0 spiro atoms. The van der Waals surface area contributed by atoms with E-state index in [0.29, 0.717) is 0 Å². The third kappa shape index (κ3) is 2.48. The smallest absolute Gasteiger partial charge is 0.399 e. The molecule has 0 radical (unpaired) electrons. The summed E-state index contributed by atoms with van der Waals surface area (Å²) in [6.07, 6.45) is 4.11. The maximum atomic E-state index is 12.4. The molecule has 120 valence electrons. The second kappa shape index (κ2) is 5.13. The third-order valence-corrected chi connectivity index (χ3v) is 5.16. The summed E-state index contributed by atoms with van der Waals surface area (Å²) in [7, 11) is 1.36. The van der Waals surface area contributed by atoms with Gasteiger partial charge in [0.2, 0.25) is 0 Å². The van der Waals surface area contributed by atoms with Crippen molar-refractivity contribution in [2.75, 3.05) is 18.0 Å². The van der Waals surface area contributed by atoms with Crippen molar-refractivity contribution in [1.29, 1.82) is 0 Å². The fourth-order valence-electron chi connectivity index (χ4n) is 3.01. The van der Waals surface area contributed by atoms with E-state index in [-0.39, 0.29) is 16.8 Å². The van der Waals surface area contributed by atoms with Crippen LogP contribution in [0.15, 0.2) is 17.1 Å². The van der Waals surface area contributed by atoms with Crippen LogP contribution >= 0.6 is 0 Å². The van der Waals surface area contributed by atoms with E-state index in [0.717, 1.165) is 37.1 Å². The van der Waals surface area contributed by atoms with E-state index in [2.05, 4.69) is 4.90 Å². The van der Waals surface area contributed by atoms with Crippen molar-refractivity contribution < 1.29 is 9.31 Å². The summed E-state index contributed by atoms with van der Waals surface area (Å²) in [5, 5.41) is 0. The molecule has 5 nitrogen and oxygen atoms in total. The molecule has 0 aliphatic carbocycles. The van der Waals surface area contributed by atoms with Gasteiger partial charge in [-0.05, 0) is 46.6 Å². The van der Waals surface area contributed by atoms with Crippen molar-refractivity contribution in [3.05, 3.63) is 22.6 Å². The quantitative estimate of drug-likeness (QED) is 0.772. The monoisotopic (exact) mass is 304 g/mol. The van der Waals surface area contributed by atoms with Crippen LogP contribution in [0.4, 0.5) is 5.69 Å². The zero-order valence-corrected chi connectivity index (χ0v) is 14.2. The highest BCUT2D eigenvalue weighted by Crippen LogP contribution is 2.36. The second-order valence-corrected chi connectivity index (χ2v) is 7.36. The van der Waals surface area contributed by atoms with Crippen LogP contribution < -0.4 is 15.9 Å². The minimum Gasteiger partial charge on any atom is -0.399 e. The SMILES string of the molecule is Cn1cc(B2OC(C)(C)C(C)(C)O2)cc(N2CCCC2)c1=O. The van der Waals surface area contributed by atoms with Crippen molar-refractivity contribution in [2.24, 2.45) is 7.05 Å². The van der Waals surface area contributed by atoms with Crippen LogP contribution in [-0.4, -0.2) is 36.0 Å². The van der Waals surface area contributed by atoms with E-state index in [1.165, 1.54) is 0 Å². The first-order chi connectivity index (χ1) is 10.2. The van der Waals surface area contributed by atoms with Gasteiger partial charge in [-0.1, -0.05) is 0 Å². The van der Waals surface area contributed by atoms with Crippen LogP contribution in [0.25, 0.3) is 0 Å². The van der Waals surface area contributed by atoms with Crippen molar-refractivity contribution in [1.82, 2.24) is 4.57 Å². The molecular formula is C16H25BN2O3. The Labute approximate surface area is 132 Å². The van der Waals surface area contributed by atoms with Gasteiger partial charge in [-0.2, -0.15) is 0 Å². The molecule has 2 saturated heterocycles. The average molecular weight is 304 g/mol.